The Morgan fingerprint density at radius 2 is 2.36 bits per heavy atom. The summed E-state index contributed by atoms with van der Waals surface area (Å²) >= 11 is 0. The van der Waals surface area contributed by atoms with Crippen molar-refractivity contribution in [1.82, 2.24) is 20.1 Å². The molecule has 0 spiro atoms. The summed E-state index contributed by atoms with van der Waals surface area (Å²) in [6.45, 7) is 4.98. The Kier molecular flexibility index (Phi) is 3.60. The van der Waals surface area contributed by atoms with Crippen LogP contribution in [0.4, 0.5) is 0 Å². The summed E-state index contributed by atoms with van der Waals surface area (Å²) in [5, 5.41) is 20.6. The van der Waals surface area contributed by atoms with E-state index in [1.165, 1.54) is 0 Å². The summed E-state index contributed by atoms with van der Waals surface area (Å²) in [7, 11) is 1.90. The van der Waals surface area contributed by atoms with Crippen LogP contribution in [0.3, 0.4) is 0 Å². The lowest BCUT2D eigenvalue weighted by atomic mass is 10.0. The maximum atomic E-state index is 9.72. The van der Waals surface area contributed by atoms with Crippen molar-refractivity contribution < 1.29 is 5.11 Å². The maximum Gasteiger partial charge on any atom is 0.146 e. The van der Waals surface area contributed by atoms with Crippen molar-refractivity contribution in [2.24, 2.45) is 7.05 Å². The predicted molar refractivity (Wildman–Crippen MR) is 53.6 cm³/mol. The van der Waals surface area contributed by atoms with Crippen molar-refractivity contribution in [3.8, 4) is 0 Å². The zero-order valence-corrected chi connectivity index (χ0v) is 8.99. The normalized spacial score (nSPS) is 15.4. The molecule has 0 aromatic carbocycles. The third-order valence-corrected chi connectivity index (χ3v) is 2.36. The van der Waals surface area contributed by atoms with E-state index < -0.39 is 5.60 Å². The molecule has 1 aromatic rings. The molecule has 1 atom stereocenters. The van der Waals surface area contributed by atoms with Gasteiger partial charge < -0.3 is 15.0 Å². The van der Waals surface area contributed by atoms with Gasteiger partial charge in [-0.1, -0.05) is 6.92 Å². The third-order valence-electron chi connectivity index (χ3n) is 2.36. The van der Waals surface area contributed by atoms with Gasteiger partial charge in [0.1, 0.15) is 12.2 Å². The molecule has 2 N–H and O–H groups in total. The Bertz CT molecular complexity index is 282. The first-order valence-electron chi connectivity index (χ1n) is 4.81. The second-order valence-electron chi connectivity index (χ2n) is 3.81. The first-order chi connectivity index (χ1) is 6.55. The highest BCUT2D eigenvalue weighted by Gasteiger charge is 2.16. The van der Waals surface area contributed by atoms with Gasteiger partial charge in [-0.3, -0.25) is 0 Å². The predicted octanol–water partition coefficient (Wildman–Crippen LogP) is 0.0657. The van der Waals surface area contributed by atoms with Gasteiger partial charge in [-0.2, -0.15) is 0 Å². The number of hydrogen-bond donors (Lipinski definition) is 2. The Morgan fingerprint density at radius 1 is 1.64 bits per heavy atom. The Hall–Kier alpha value is -0.940. The number of rotatable bonds is 5. The number of aliphatic hydroxyl groups is 1. The van der Waals surface area contributed by atoms with Gasteiger partial charge >= 0.3 is 0 Å². The molecule has 1 aromatic heterocycles. The highest BCUT2D eigenvalue weighted by atomic mass is 16.3. The van der Waals surface area contributed by atoms with Crippen LogP contribution in [-0.4, -0.2) is 32.0 Å². The summed E-state index contributed by atoms with van der Waals surface area (Å²) in [5.41, 5.74) is -0.640. The summed E-state index contributed by atoms with van der Waals surface area (Å²) in [6.07, 6.45) is 2.40. The van der Waals surface area contributed by atoms with Crippen molar-refractivity contribution in [2.75, 3.05) is 6.54 Å². The van der Waals surface area contributed by atoms with Crippen LogP contribution in [0.25, 0.3) is 0 Å². The van der Waals surface area contributed by atoms with Crippen LogP contribution in [0.2, 0.25) is 0 Å². The topological polar surface area (TPSA) is 63.0 Å². The number of nitrogens with one attached hydrogen (secondary N) is 1. The lowest BCUT2D eigenvalue weighted by Gasteiger charge is -2.21. The van der Waals surface area contributed by atoms with E-state index in [-0.39, 0.29) is 0 Å². The maximum absolute atomic E-state index is 9.72. The van der Waals surface area contributed by atoms with E-state index in [1.807, 2.05) is 25.5 Å². The summed E-state index contributed by atoms with van der Waals surface area (Å²) in [5.74, 6) is 0.872. The molecule has 0 aliphatic carbocycles. The van der Waals surface area contributed by atoms with Crippen LogP contribution in [0.1, 0.15) is 26.1 Å². The molecule has 0 bridgehead atoms. The first kappa shape index (κ1) is 11.1. The smallest absolute Gasteiger partial charge is 0.146 e. The third kappa shape index (κ3) is 3.08. The minimum Gasteiger partial charge on any atom is -0.389 e. The molecule has 0 amide bonds. The van der Waals surface area contributed by atoms with Crippen LogP contribution < -0.4 is 5.32 Å². The summed E-state index contributed by atoms with van der Waals surface area (Å²) in [6, 6.07) is 0. The fourth-order valence-corrected chi connectivity index (χ4v) is 1.04. The Morgan fingerprint density at radius 3 is 2.86 bits per heavy atom. The molecule has 5 heteroatoms. The van der Waals surface area contributed by atoms with Crippen molar-refractivity contribution in [3.63, 3.8) is 0 Å². The second-order valence-corrected chi connectivity index (χ2v) is 3.81. The highest BCUT2D eigenvalue weighted by molar-refractivity contribution is 4.84. The summed E-state index contributed by atoms with van der Waals surface area (Å²) in [4.78, 5) is 0. The largest absolute Gasteiger partial charge is 0.389 e. The van der Waals surface area contributed by atoms with E-state index in [0.717, 1.165) is 12.2 Å². The van der Waals surface area contributed by atoms with Crippen LogP contribution in [0, 0.1) is 0 Å². The molecule has 0 saturated carbocycles. The minimum absolute atomic E-state index is 0.566. The molecule has 0 aliphatic heterocycles. The molecule has 0 fully saturated rings. The van der Waals surface area contributed by atoms with Gasteiger partial charge in [0.2, 0.25) is 0 Å². The second kappa shape index (κ2) is 4.52. The number of nitrogens with zero attached hydrogens (tertiary/aromatic N) is 3. The van der Waals surface area contributed by atoms with Crippen molar-refractivity contribution >= 4 is 0 Å². The Balaban J connectivity index is 2.32. The molecular formula is C9H18N4O. The zero-order valence-electron chi connectivity index (χ0n) is 8.99. The lowest BCUT2D eigenvalue weighted by molar-refractivity contribution is 0.0553. The standard InChI is InChI=1S/C9H18N4O/c1-4-9(2,14)6-10-5-8-12-11-7-13(8)3/h7,10,14H,4-6H2,1-3H3. The van der Waals surface area contributed by atoms with E-state index >= 15 is 0 Å². The molecule has 80 valence electrons. The molecule has 5 nitrogen and oxygen atoms in total. The van der Waals surface area contributed by atoms with E-state index in [2.05, 4.69) is 15.5 Å². The molecule has 0 radical (unpaired) electrons. The minimum atomic E-state index is -0.640. The van der Waals surface area contributed by atoms with Crippen molar-refractivity contribution in [1.29, 1.82) is 0 Å². The van der Waals surface area contributed by atoms with Gasteiger partial charge in [0.05, 0.1) is 12.1 Å². The van der Waals surface area contributed by atoms with Gasteiger partial charge in [-0.15, -0.1) is 10.2 Å². The number of aromatic nitrogens is 3. The van der Waals surface area contributed by atoms with Gasteiger partial charge in [0, 0.05) is 13.6 Å². The number of hydrogen-bond acceptors (Lipinski definition) is 4. The average molecular weight is 198 g/mol. The molecule has 1 heterocycles. The van der Waals surface area contributed by atoms with E-state index in [0.29, 0.717) is 13.1 Å². The molecule has 1 rings (SSSR count). The SMILES string of the molecule is CCC(C)(O)CNCc1nncn1C. The van der Waals surface area contributed by atoms with Gasteiger partial charge in [-0.25, -0.2) is 0 Å². The Labute approximate surface area is 84.2 Å². The van der Waals surface area contributed by atoms with Crippen LogP contribution in [0.5, 0.6) is 0 Å². The average Bonchev–Trinajstić information content (AvgIpc) is 2.52. The van der Waals surface area contributed by atoms with Crippen LogP contribution >= 0.6 is 0 Å². The van der Waals surface area contributed by atoms with E-state index in [4.69, 9.17) is 0 Å². The molecular weight excluding hydrogens is 180 g/mol. The van der Waals surface area contributed by atoms with Crippen molar-refractivity contribution in [2.45, 2.75) is 32.4 Å². The van der Waals surface area contributed by atoms with Gasteiger partial charge in [0.15, 0.2) is 0 Å². The van der Waals surface area contributed by atoms with Crippen LogP contribution in [0.15, 0.2) is 6.33 Å². The first-order valence-corrected chi connectivity index (χ1v) is 4.81. The monoisotopic (exact) mass is 198 g/mol. The van der Waals surface area contributed by atoms with E-state index in [1.54, 1.807) is 6.33 Å². The quantitative estimate of drug-likeness (QED) is 0.702. The fraction of sp³-hybridized carbons (Fsp3) is 0.778. The highest BCUT2D eigenvalue weighted by Crippen LogP contribution is 2.06. The van der Waals surface area contributed by atoms with E-state index in [9.17, 15) is 5.11 Å². The van der Waals surface area contributed by atoms with Crippen molar-refractivity contribution in [3.05, 3.63) is 12.2 Å². The van der Waals surface area contributed by atoms with Gasteiger partial charge in [-0.05, 0) is 13.3 Å². The molecule has 0 saturated heterocycles. The zero-order chi connectivity index (χ0) is 10.6. The molecule has 1 unspecified atom stereocenters. The fourth-order valence-electron chi connectivity index (χ4n) is 1.04. The lowest BCUT2D eigenvalue weighted by Crippen LogP contribution is -2.37. The molecule has 14 heavy (non-hydrogen) atoms. The molecule has 0 aliphatic rings. The number of aryl methyl sites for hydroxylation is 1. The summed E-state index contributed by atoms with van der Waals surface area (Å²) < 4.78 is 1.85. The van der Waals surface area contributed by atoms with Crippen LogP contribution in [-0.2, 0) is 13.6 Å². The van der Waals surface area contributed by atoms with Gasteiger partial charge in [0.25, 0.3) is 0 Å².